The Balaban J connectivity index is 1.73. The van der Waals surface area contributed by atoms with Crippen molar-refractivity contribution in [3.05, 3.63) is 42.2 Å². The molecule has 0 unspecified atom stereocenters. The summed E-state index contributed by atoms with van der Waals surface area (Å²) in [4.78, 5) is 4.02. The largest absolute Gasteiger partial charge is 0.497 e. The lowest BCUT2D eigenvalue weighted by Gasteiger charge is -2.32. The van der Waals surface area contributed by atoms with Gasteiger partial charge in [0.15, 0.2) is 0 Å². The second-order valence-electron chi connectivity index (χ2n) is 7.06. The Morgan fingerprint density at radius 1 is 1.21 bits per heavy atom. The molecular formula is C17H22BFN2O3. The molecular weight excluding hydrogens is 310 g/mol. The van der Waals surface area contributed by atoms with Crippen molar-refractivity contribution in [3.8, 4) is 5.75 Å². The zero-order valence-corrected chi connectivity index (χ0v) is 14.7. The molecule has 1 aliphatic heterocycles. The Labute approximate surface area is 141 Å². The van der Waals surface area contributed by atoms with Gasteiger partial charge in [-0.2, -0.15) is 0 Å². The van der Waals surface area contributed by atoms with Crippen LogP contribution in [0, 0.1) is 5.82 Å². The van der Waals surface area contributed by atoms with Crippen LogP contribution in [-0.4, -0.2) is 27.9 Å². The first-order chi connectivity index (χ1) is 11.2. The third kappa shape index (κ3) is 3.06. The third-order valence-corrected chi connectivity index (χ3v) is 4.78. The molecule has 2 aromatic rings. The summed E-state index contributed by atoms with van der Waals surface area (Å²) in [6, 6.07) is 4.73. The van der Waals surface area contributed by atoms with Gasteiger partial charge in [-0.3, -0.25) is 0 Å². The average molecular weight is 332 g/mol. The van der Waals surface area contributed by atoms with E-state index in [1.165, 1.54) is 6.07 Å². The van der Waals surface area contributed by atoms with Crippen LogP contribution in [0.2, 0.25) is 0 Å². The van der Waals surface area contributed by atoms with E-state index in [-0.39, 0.29) is 0 Å². The van der Waals surface area contributed by atoms with E-state index in [9.17, 15) is 4.39 Å². The lowest BCUT2D eigenvalue weighted by molar-refractivity contribution is 0.00578. The molecule has 0 amide bonds. The first kappa shape index (κ1) is 17.0. The summed E-state index contributed by atoms with van der Waals surface area (Å²) in [6.07, 6.45) is 3.41. The number of aryl methyl sites for hydroxylation is 1. The van der Waals surface area contributed by atoms with Crippen LogP contribution in [0.15, 0.2) is 30.7 Å². The number of hydrogen-bond acceptors (Lipinski definition) is 4. The molecule has 3 rings (SSSR count). The van der Waals surface area contributed by atoms with E-state index in [1.54, 1.807) is 24.7 Å². The fraction of sp³-hybridized carbons (Fsp3) is 0.471. The molecule has 1 fully saturated rings. The minimum Gasteiger partial charge on any atom is -0.487 e. The van der Waals surface area contributed by atoms with E-state index in [0.717, 1.165) is 5.69 Å². The van der Waals surface area contributed by atoms with Gasteiger partial charge in [-0.1, -0.05) is 6.07 Å². The highest BCUT2D eigenvalue weighted by Gasteiger charge is 2.52. The summed E-state index contributed by atoms with van der Waals surface area (Å²) in [5, 5.41) is 0. The average Bonchev–Trinajstić information content (AvgIpc) is 2.97. The summed E-state index contributed by atoms with van der Waals surface area (Å²) in [5.74, 6) is 0.0463. The summed E-state index contributed by atoms with van der Waals surface area (Å²) in [5.41, 5.74) is 0.282. The van der Waals surface area contributed by atoms with E-state index >= 15 is 0 Å². The molecule has 128 valence electrons. The van der Waals surface area contributed by atoms with Crippen molar-refractivity contribution in [1.82, 2.24) is 9.55 Å². The van der Waals surface area contributed by atoms with Crippen molar-refractivity contribution in [1.29, 1.82) is 0 Å². The molecule has 0 radical (unpaired) electrons. The number of halogens is 1. The molecule has 7 heteroatoms. The topological polar surface area (TPSA) is 45.5 Å². The highest BCUT2D eigenvalue weighted by atomic mass is 19.1. The monoisotopic (exact) mass is 332 g/mol. The van der Waals surface area contributed by atoms with Crippen LogP contribution in [0.1, 0.15) is 33.4 Å². The number of ether oxygens (including phenoxy) is 1. The Morgan fingerprint density at radius 3 is 2.42 bits per heavy atom. The highest BCUT2D eigenvalue weighted by molar-refractivity contribution is 6.62. The molecule has 0 saturated carbocycles. The van der Waals surface area contributed by atoms with Crippen LogP contribution in [-0.2, 0) is 23.0 Å². The maximum Gasteiger partial charge on any atom is 0.497 e. The summed E-state index contributed by atoms with van der Waals surface area (Å²) < 4.78 is 33.8. The second-order valence-corrected chi connectivity index (χ2v) is 7.06. The lowest BCUT2D eigenvalue weighted by atomic mass is 9.78. The van der Waals surface area contributed by atoms with Gasteiger partial charge < -0.3 is 18.6 Å². The number of nitrogens with zero attached hydrogens (tertiary/aromatic N) is 2. The molecule has 1 aromatic carbocycles. The van der Waals surface area contributed by atoms with Crippen molar-refractivity contribution in [2.24, 2.45) is 7.05 Å². The van der Waals surface area contributed by atoms with Crippen LogP contribution in [0.5, 0.6) is 5.75 Å². The molecule has 0 bridgehead atoms. The highest BCUT2D eigenvalue weighted by Crippen LogP contribution is 2.36. The molecule has 2 heterocycles. The van der Waals surface area contributed by atoms with Crippen molar-refractivity contribution in [2.75, 3.05) is 0 Å². The molecule has 0 atom stereocenters. The fourth-order valence-corrected chi connectivity index (χ4v) is 2.44. The maximum absolute atomic E-state index is 14.5. The van der Waals surface area contributed by atoms with E-state index in [1.807, 2.05) is 39.3 Å². The van der Waals surface area contributed by atoms with Gasteiger partial charge in [0.1, 0.15) is 18.2 Å². The van der Waals surface area contributed by atoms with Crippen molar-refractivity contribution < 1.29 is 18.4 Å². The van der Waals surface area contributed by atoms with Gasteiger partial charge in [0.05, 0.1) is 29.4 Å². The lowest BCUT2D eigenvalue weighted by Crippen LogP contribution is -2.41. The quantitative estimate of drug-likeness (QED) is 0.807. The van der Waals surface area contributed by atoms with Crippen LogP contribution >= 0.6 is 0 Å². The standard InChI is InChI=1S/C17H22BFN2O3/c1-16(2)17(3,4)24-18(23-16)14-7-6-13(8-15(14)19)22-10-12-9-20-11-21(12)5/h6-9,11H,10H2,1-5H3. The van der Waals surface area contributed by atoms with E-state index in [0.29, 0.717) is 17.8 Å². The Morgan fingerprint density at radius 2 is 1.88 bits per heavy atom. The van der Waals surface area contributed by atoms with Gasteiger partial charge in [0.2, 0.25) is 0 Å². The van der Waals surface area contributed by atoms with Crippen molar-refractivity contribution in [2.45, 2.75) is 45.5 Å². The van der Waals surface area contributed by atoms with Crippen LogP contribution < -0.4 is 10.2 Å². The number of aromatic nitrogens is 2. The third-order valence-electron chi connectivity index (χ3n) is 4.78. The zero-order valence-electron chi connectivity index (χ0n) is 14.7. The first-order valence-corrected chi connectivity index (χ1v) is 7.93. The maximum atomic E-state index is 14.5. The summed E-state index contributed by atoms with van der Waals surface area (Å²) in [6.45, 7) is 8.09. The Bertz CT molecular complexity index is 729. The van der Waals surface area contributed by atoms with Crippen LogP contribution in [0.25, 0.3) is 0 Å². The molecule has 1 aromatic heterocycles. The molecule has 24 heavy (non-hydrogen) atoms. The Kier molecular flexibility index (Phi) is 4.17. The molecule has 1 aliphatic rings. The van der Waals surface area contributed by atoms with Gasteiger partial charge in [-0.05, 0) is 33.8 Å². The fourth-order valence-electron chi connectivity index (χ4n) is 2.44. The number of rotatable bonds is 4. The first-order valence-electron chi connectivity index (χ1n) is 7.93. The van der Waals surface area contributed by atoms with Gasteiger partial charge in [0.25, 0.3) is 0 Å². The van der Waals surface area contributed by atoms with E-state index in [4.69, 9.17) is 14.0 Å². The normalized spacial score (nSPS) is 18.8. The molecule has 0 N–H and O–H groups in total. The van der Waals surface area contributed by atoms with E-state index in [2.05, 4.69) is 4.98 Å². The van der Waals surface area contributed by atoms with Gasteiger partial charge >= 0.3 is 7.12 Å². The van der Waals surface area contributed by atoms with Gasteiger partial charge in [-0.25, -0.2) is 9.37 Å². The predicted octanol–water partition coefficient (Wildman–Crippen LogP) is 2.44. The second kappa shape index (κ2) is 5.90. The minimum atomic E-state index is -0.721. The molecule has 0 aliphatic carbocycles. The number of benzene rings is 1. The summed E-state index contributed by atoms with van der Waals surface area (Å²) >= 11 is 0. The van der Waals surface area contributed by atoms with Crippen molar-refractivity contribution >= 4 is 12.6 Å². The van der Waals surface area contributed by atoms with Gasteiger partial charge in [-0.15, -0.1) is 0 Å². The smallest absolute Gasteiger partial charge is 0.487 e. The molecule has 0 spiro atoms. The SMILES string of the molecule is Cn1cncc1COc1ccc(B2OC(C)(C)C(C)(C)O2)c(F)c1. The summed E-state index contributed by atoms with van der Waals surface area (Å²) in [7, 11) is 1.16. The van der Waals surface area contributed by atoms with Crippen LogP contribution in [0.3, 0.4) is 0 Å². The number of hydrogen-bond donors (Lipinski definition) is 0. The number of imidazole rings is 1. The molecule has 1 saturated heterocycles. The van der Waals surface area contributed by atoms with Gasteiger partial charge in [0, 0.05) is 18.6 Å². The zero-order chi connectivity index (χ0) is 17.5. The minimum absolute atomic E-state index is 0.325. The van der Waals surface area contributed by atoms with E-state index < -0.39 is 24.1 Å². The van der Waals surface area contributed by atoms with Crippen LogP contribution in [0.4, 0.5) is 4.39 Å². The Hall–Kier alpha value is -1.86. The van der Waals surface area contributed by atoms with Crippen molar-refractivity contribution in [3.63, 3.8) is 0 Å². The predicted molar refractivity (Wildman–Crippen MR) is 89.7 cm³/mol. The molecule has 5 nitrogen and oxygen atoms in total.